The zero-order valence-electron chi connectivity index (χ0n) is 20.9. The van der Waals surface area contributed by atoms with Crippen molar-refractivity contribution >= 4 is 14.5 Å². The fraction of sp³-hybridized carbons (Fsp3) is 0.393. The molecule has 0 aliphatic heterocycles. The first kappa shape index (κ1) is 26.1. The van der Waals surface area contributed by atoms with Crippen LogP contribution in [-0.4, -0.2) is 28.6 Å². The van der Waals surface area contributed by atoms with Crippen LogP contribution in [0.4, 0.5) is 5.69 Å². The highest BCUT2D eigenvalue weighted by Gasteiger charge is 2.40. The van der Waals surface area contributed by atoms with Crippen LogP contribution in [0.3, 0.4) is 0 Å². The molecule has 3 aromatic rings. The van der Waals surface area contributed by atoms with E-state index in [1.807, 2.05) is 20.8 Å². The fourth-order valence-electron chi connectivity index (χ4n) is 4.13. The minimum Gasteiger partial charge on any atom is -0.374 e. The van der Waals surface area contributed by atoms with Gasteiger partial charge in [-0.1, -0.05) is 60.7 Å². The van der Waals surface area contributed by atoms with Gasteiger partial charge in [-0.3, -0.25) is 0 Å². The lowest BCUT2D eigenvalue weighted by atomic mass is 10.1. The van der Waals surface area contributed by atoms with Gasteiger partial charge in [-0.15, -0.1) is 0 Å². The van der Waals surface area contributed by atoms with Crippen LogP contribution in [0.5, 0.6) is 0 Å². The van der Waals surface area contributed by atoms with E-state index >= 15 is 0 Å². The number of nitrogens with zero attached hydrogens (tertiary/aromatic N) is 2. The first-order valence-corrected chi connectivity index (χ1v) is 14.3. The average Bonchev–Trinajstić information content (AvgIpc) is 2.86. The largest absolute Gasteiger partial charge is 0.501 e. The molecule has 3 rings (SSSR count). The van der Waals surface area contributed by atoms with Crippen LogP contribution in [0.1, 0.15) is 38.3 Å². The van der Waals surface area contributed by atoms with Gasteiger partial charge < -0.3 is 18.2 Å². The van der Waals surface area contributed by atoms with Crippen LogP contribution in [-0.2, 0) is 32.9 Å². The molecule has 0 atom stereocenters. The number of anilines is 1. The highest BCUT2D eigenvalue weighted by atomic mass is 28.4. The second-order valence-corrected chi connectivity index (χ2v) is 10.9. The lowest BCUT2D eigenvalue weighted by Gasteiger charge is -2.28. The summed E-state index contributed by atoms with van der Waals surface area (Å²) in [5.74, 6) is 0. The molecule has 0 spiro atoms. The van der Waals surface area contributed by atoms with Gasteiger partial charge in [-0.2, -0.15) is 0 Å². The van der Waals surface area contributed by atoms with Crippen molar-refractivity contribution in [1.82, 2.24) is 0 Å². The standard InChI is InChI=1S/C28H39N2O3Si/c1-4-31-34(32-5-2,33-6-3)23-13-20-29-21-18-28(19-22-29)30(24-26-14-9-7-10-15-26)25-27-16-11-8-12-17-27/h7-12,14-19,21-22H,4-6,13,20,23-25H2,1-3H3/q+1. The number of rotatable bonds is 15. The number of aryl methyl sites for hydroxylation is 1. The summed E-state index contributed by atoms with van der Waals surface area (Å²) in [6.45, 7) is 10.5. The average molecular weight is 480 g/mol. The maximum Gasteiger partial charge on any atom is 0.501 e. The molecule has 0 fully saturated rings. The molecule has 5 nitrogen and oxygen atoms in total. The van der Waals surface area contributed by atoms with Gasteiger partial charge in [0.25, 0.3) is 0 Å². The Kier molecular flexibility index (Phi) is 10.8. The van der Waals surface area contributed by atoms with Crippen LogP contribution in [0, 0.1) is 0 Å². The van der Waals surface area contributed by atoms with E-state index in [2.05, 4.69) is 94.7 Å². The van der Waals surface area contributed by atoms with Crippen LogP contribution in [0.15, 0.2) is 85.2 Å². The summed E-state index contributed by atoms with van der Waals surface area (Å²) in [5.41, 5.74) is 3.82. The summed E-state index contributed by atoms with van der Waals surface area (Å²) in [6, 6.07) is 26.5. The van der Waals surface area contributed by atoms with Gasteiger partial charge in [0, 0.05) is 63.2 Å². The van der Waals surface area contributed by atoms with Crippen molar-refractivity contribution in [2.45, 2.75) is 52.9 Å². The van der Waals surface area contributed by atoms with Gasteiger partial charge in [0.2, 0.25) is 0 Å². The molecule has 0 N–H and O–H groups in total. The maximum atomic E-state index is 5.99. The minimum atomic E-state index is -2.59. The Balaban J connectivity index is 1.66. The van der Waals surface area contributed by atoms with E-state index in [0.29, 0.717) is 19.8 Å². The monoisotopic (exact) mass is 479 g/mol. The Labute approximate surface area is 206 Å². The molecule has 0 radical (unpaired) electrons. The lowest BCUT2D eigenvalue weighted by molar-refractivity contribution is -0.696. The third-order valence-electron chi connectivity index (χ3n) is 5.66. The SMILES string of the molecule is CCO[Si](CCC[n+]1ccc(N(Cc2ccccc2)Cc2ccccc2)cc1)(OCC)OCC. The van der Waals surface area contributed by atoms with Gasteiger partial charge >= 0.3 is 8.80 Å². The summed E-state index contributed by atoms with van der Waals surface area (Å²) < 4.78 is 20.2. The molecule has 0 unspecified atom stereocenters. The number of hydrogen-bond donors (Lipinski definition) is 0. The lowest BCUT2D eigenvalue weighted by Crippen LogP contribution is -2.46. The van der Waals surface area contributed by atoms with E-state index < -0.39 is 8.80 Å². The van der Waals surface area contributed by atoms with E-state index in [9.17, 15) is 0 Å². The Morgan fingerprint density at radius 2 is 1.15 bits per heavy atom. The second-order valence-electron chi connectivity index (χ2n) is 8.21. The summed E-state index contributed by atoms with van der Waals surface area (Å²) in [6.07, 6.45) is 5.29. The molecule has 0 aliphatic rings. The molecule has 2 aromatic carbocycles. The molecule has 0 saturated carbocycles. The summed E-state index contributed by atoms with van der Waals surface area (Å²) in [4.78, 5) is 2.42. The van der Waals surface area contributed by atoms with Crippen molar-refractivity contribution < 1.29 is 17.8 Å². The van der Waals surface area contributed by atoms with E-state index in [-0.39, 0.29) is 0 Å². The van der Waals surface area contributed by atoms with Crippen molar-refractivity contribution in [2.24, 2.45) is 0 Å². The Morgan fingerprint density at radius 1 is 0.676 bits per heavy atom. The highest BCUT2D eigenvalue weighted by Crippen LogP contribution is 2.20. The summed E-state index contributed by atoms with van der Waals surface area (Å²) >= 11 is 0. The maximum absolute atomic E-state index is 5.99. The second kappa shape index (κ2) is 14.0. The first-order valence-electron chi connectivity index (χ1n) is 12.4. The minimum absolute atomic E-state index is 0.618. The van der Waals surface area contributed by atoms with E-state index in [0.717, 1.165) is 32.1 Å². The number of benzene rings is 2. The van der Waals surface area contributed by atoms with E-state index in [4.69, 9.17) is 13.3 Å². The van der Waals surface area contributed by atoms with Crippen LogP contribution < -0.4 is 9.47 Å². The molecule has 6 heteroatoms. The number of aromatic nitrogens is 1. The Hall–Kier alpha value is -2.51. The van der Waals surface area contributed by atoms with Crippen LogP contribution in [0.2, 0.25) is 6.04 Å². The number of hydrogen-bond acceptors (Lipinski definition) is 4. The van der Waals surface area contributed by atoms with Gasteiger partial charge in [0.05, 0.1) is 0 Å². The third-order valence-corrected chi connectivity index (χ3v) is 8.81. The molecule has 0 saturated heterocycles. The topological polar surface area (TPSA) is 34.8 Å². The third kappa shape index (κ3) is 8.06. The predicted octanol–water partition coefficient (Wildman–Crippen LogP) is 5.62. The molecule has 0 bridgehead atoms. The summed E-state index contributed by atoms with van der Waals surface area (Å²) in [7, 11) is -2.59. The molecular weight excluding hydrogens is 440 g/mol. The van der Waals surface area contributed by atoms with Crippen molar-refractivity contribution in [3.63, 3.8) is 0 Å². The number of pyridine rings is 1. The van der Waals surface area contributed by atoms with Crippen molar-refractivity contribution in [3.8, 4) is 0 Å². The molecule has 34 heavy (non-hydrogen) atoms. The zero-order chi connectivity index (χ0) is 24.1. The molecule has 0 amide bonds. The van der Waals surface area contributed by atoms with Crippen molar-refractivity contribution in [1.29, 1.82) is 0 Å². The molecule has 1 aromatic heterocycles. The van der Waals surface area contributed by atoms with Gasteiger partial charge in [-0.25, -0.2) is 4.57 Å². The molecular formula is C28H39N2O3Si+. The Morgan fingerprint density at radius 3 is 1.59 bits per heavy atom. The van der Waals surface area contributed by atoms with E-state index in [1.165, 1.54) is 16.8 Å². The fourth-order valence-corrected chi connectivity index (χ4v) is 6.73. The smallest absolute Gasteiger partial charge is 0.374 e. The molecule has 0 aliphatic carbocycles. The van der Waals surface area contributed by atoms with Gasteiger partial charge in [-0.05, 0) is 31.9 Å². The summed E-state index contributed by atoms with van der Waals surface area (Å²) in [5, 5.41) is 0. The molecule has 1 heterocycles. The van der Waals surface area contributed by atoms with Crippen molar-refractivity contribution in [2.75, 3.05) is 24.7 Å². The molecule has 182 valence electrons. The van der Waals surface area contributed by atoms with Crippen LogP contribution >= 0.6 is 0 Å². The van der Waals surface area contributed by atoms with E-state index in [1.54, 1.807) is 0 Å². The first-order chi connectivity index (χ1) is 16.7. The zero-order valence-corrected chi connectivity index (χ0v) is 21.9. The van der Waals surface area contributed by atoms with Gasteiger partial charge in [0.15, 0.2) is 12.4 Å². The van der Waals surface area contributed by atoms with Gasteiger partial charge in [0.1, 0.15) is 6.54 Å². The Bertz CT molecular complexity index is 880. The quantitative estimate of drug-likeness (QED) is 0.209. The van der Waals surface area contributed by atoms with Crippen LogP contribution in [0.25, 0.3) is 0 Å². The highest BCUT2D eigenvalue weighted by molar-refractivity contribution is 6.60. The van der Waals surface area contributed by atoms with Crippen molar-refractivity contribution in [3.05, 3.63) is 96.3 Å². The normalized spacial score (nSPS) is 11.5. The predicted molar refractivity (Wildman–Crippen MR) is 139 cm³/mol.